The van der Waals surface area contributed by atoms with Crippen LogP contribution in [0.4, 0.5) is 0 Å². The predicted molar refractivity (Wildman–Crippen MR) is 54.0 cm³/mol. The fourth-order valence-corrected chi connectivity index (χ4v) is 5.51. The highest BCUT2D eigenvalue weighted by Gasteiger charge is 2.43. The first-order chi connectivity index (χ1) is 5.20. The Balaban J connectivity index is 2.18. The Kier molecular flexibility index (Phi) is 1.84. The lowest BCUT2D eigenvalue weighted by Gasteiger charge is -2.26. The summed E-state index contributed by atoms with van der Waals surface area (Å²) in [6.45, 7) is 5.07. The zero-order valence-corrected chi connectivity index (χ0v) is 8.53. The van der Waals surface area contributed by atoms with Crippen molar-refractivity contribution in [2.75, 3.05) is 19.5 Å². The molecule has 0 aromatic rings. The van der Waals surface area contributed by atoms with Crippen LogP contribution in [-0.2, 0) is 0 Å². The molecule has 11 heavy (non-hydrogen) atoms. The topological polar surface area (TPSA) is 0 Å². The maximum Gasteiger partial charge on any atom is 0.0904 e. The van der Waals surface area contributed by atoms with E-state index in [0.717, 1.165) is 5.66 Å². The van der Waals surface area contributed by atoms with Crippen LogP contribution in [0.2, 0.25) is 0 Å². The van der Waals surface area contributed by atoms with Crippen LogP contribution < -0.4 is 0 Å². The predicted octanol–water partition coefficient (Wildman–Crippen LogP) is 3.15. The molecule has 0 radical (unpaired) electrons. The van der Waals surface area contributed by atoms with Gasteiger partial charge in [0.25, 0.3) is 0 Å². The average molecular weight is 169 g/mol. The number of hydrogen-bond donors (Lipinski definition) is 0. The van der Waals surface area contributed by atoms with E-state index < -0.39 is 7.26 Å². The van der Waals surface area contributed by atoms with Gasteiger partial charge in [0.2, 0.25) is 0 Å². The minimum absolute atomic E-state index is 0.517. The largest absolute Gasteiger partial charge is 0.0904 e. The highest BCUT2D eigenvalue weighted by Crippen LogP contribution is 2.65. The van der Waals surface area contributed by atoms with Gasteiger partial charge in [0, 0.05) is 20.6 Å². The van der Waals surface area contributed by atoms with Gasteiger partial charge in [-0.1, -0.05) is 0 Å². The van der Waals surface area contributed by atoms with Crippen LogP contribution in [0, 0.1) is 0 Å². The van der Waals surface area contributed by atoms with Crippen molar-refractivity contribution in [3.8, 4) is 0 Å². The van der Waals surface area contributed by atoms with Gasteiger partial charge in [-0.05, 0) is 37.3 Å². The van der Waals surface area contributed by atoms with Crippen molar-refractivity contribution in [3.63, 3.8) is 0 Å². The SMILES string of the molecule is C[P+]1(C)CC=C2CCCCC21. The molecule has 0 bridgehead atoms. The van der Waals surface area contributed by atoms with E-state index in [4.69, 9.17) is 0 Å². The second-order valence-corrected chi connectivity index (χ2v) is 9.05. The van der Waals surface area contributed by atoms with Crippen molar-refractivity contribution in [3.05, 3.63) is 11.6 Å². The maximum absolute atomic E-state index is 2.55. The van der Waals surface area contributed by atoms with Gasteiger partial charge in [0.05, 0.1) is 11.8 Å². The summed E-state index contributed by atoms with van der Waals surface area (Å²) in [6, 6.07) is 0. The maximum atomic E-state index is 2.55. The molecule has 0 spiro atoms. The molecule has 0 N–H and O–H groups in total. The molecule has 2 rings (SSSR count). The van der Waals surface area contributed by atoms with E-state index in [1.54, 1.807) is 0 Å². The Morgan fingerprint density at radius 3 is 2.91 bits per heavy atom. The summed E-state index contributed by atoms with van der Waals surface area (Å²) < 4.78 is 0. The standard InChI is InChI=1S/C10H18P/c1-11(2)8-7-9-5-3-4-6-10(9)11/h7,10H,3-6,8H2,1-2H3/q+1. The first-order valence-corrected chi connectivity index (χ1v) is 7.65. The van der Waals surface area contributed by atoms with Crippen molar-refractivity contribution >= 4 is 7.26 Å². The average Bonchev–Trinajstić information content (AvgIpc) is 2.29. The molecular weight excluding hydrogens is 151 g/mol. The first kappa shape index (κ1) is 7.80. The third-order valence-corrected chi connectivity index (χ3v) is 6.69. The van der Waals surface area contributed by atoms with Crippen molar-refractivity contribution in [1.82, 2.24) is 0 Å². The highest BCUT2D eigenvalue weighted by atomic mass is 31.2. The van der Waals surface area contributed by atoms with E-state index in [1.165, 1.54) is 31.8 Å². The molecule has 1 fully saturated rings. The lowest BCUT2D eigenvalue weighted by atomic mass is 9.95. The molecule has 1 unspecified atom stereocenters. The quantitative estimate of drug-likeness (QED) is 0.386. The van der Waals surface area contributed by atoms with Crippen LogP contribution in [-0.4, -0.2) is 25.2 Å². The Morgan fingerprint density at radius 1 is 1.36 bits per heavy atom. The van der Waals surface area contributed by atoms with Crippen LogP contribution in [0.15, 0.2) is 11.6 Å². The third kappa shape index (κ3) is 1.26. The molecule has 1 aliphatic heterocycles. The van der Waals surface area contributed by atoms with Gasteiger partial charge < -0.3 is 0 Å². The molecular formula is C10H18P+. The number of fused-ring (bicyclic) bond motifs is 1. The van der Waals surface area contributed by atoms with Crippen LogP contribution in [0.5, 0.6) is 0 Å². The summed E-state index contributed by atoms with van der Waals surface area (Å²) in [5.41, 5.74) is 2.88. The van der Waals surface area contributed by atoms with E-state index in [9.17, 15) is 0 Å². The van der Waals surface area contributed by atoms with Crippen LogP contribution in [0.3, 0.4) is 0 Å². The molecule has 62 valence electrons. The van der Waals surface area contributed by atoms with Gasteiger partial charge in [0.1, 0.15) is 0 Å². The zero-order valence-electron chi connectivity index (χ0n) is 7.64. The molecule has 0 aromatic heterocycles. The minimum atomic E-state index is -0.517. The Morgan fingerprint density at radius 2 is 2.18 bits per heavy atom. The van der Waals surface area contributed by atoms with Gasteiger partial charge in [-0.2, -0.15) is 0 Å². The van der Waals surface area contributed by atoms with E-state index >= 15 is 0 Å². The molecule has 1 saturated carbocycles. The fourth-order valence-electron chi connectivity index (χ4n) is 2.54. The summed E-state index contributed by atoms with van der Waals surface area (Å²) in [6.07, 6.45) is 9.87. The van der Waals surface area contributed by atoms with Crippen molar-refractivity contribution in [2.24, 2.45) is 0 Å². The Bertz CT molecular complexity index is 191. The second kappa shape index (κ2) is 2.59. The summed E-state index contributed by atoms with van der Waals surface area (Å²) in [5.74, 6) is 0. The molecule has 0 nitrogen and oxygen atoms in total. The van der Waals surface area contributed by atoms with Gasteiger partial charge in [-0.3, -0.25) is 0 Å². The second-order valence-electron chi connectivity index (χ2n) is 4.50. The third-order valence-electron chi connectivity index (χ3n) is 3.29. The molecule has 1 heterocycles. The number of rotatable bonds is 0. The van der Waals surface area contributed by atoms with E-state index in [0.29, 0.717) is 0 Å². The van der Waals surface area contributed by atoms with Crippen molar-refractivity contribution in [2.45, 2.75) is 31.3 Å². The van der Waals surface area contributed by atoms with E-state index in [1.807, 2.05) is 5.57 Å². The summed E-state index contributed by atoms with van der Waals surface area (Å²) in [7, 11) is -0.517. The lowest BCUT2D eigenvalue weighted by molar-refractivity contribution is 0.607. The first-order valence-electron chi connectivity index (χ1n) is 4.72. The molecule has 0 aromatic carbocycles. The minimum Gasteiger partial charge on any atom is -0.0492 e. The summed E-state index contributed by atoms with van der Waals surface area (Å²) in [4.78, 5) is 0. The van der Waals surface area contributed by atoms with Crippen molar-refractivity contribution < 1.29 is 0 Å². The zero-order chi connectivity index (χ0) is 7.90. The van der Waals surface area contributed by atoms with Gasteiger partial charge in [0.15, 0.2) is 0 Å². The molecule has 2 aliphatic rings. The van der Waals surface area contributed by atoms with Crippen molar-refractivity contribution in [1.29, 1.82) is 0 Å². The Labute approximate surface area is 70.4 Å². The monoisotopic (exact) mass is 169 g/mol. The van der Waals surface area contributed by atoms with Gasteiger partial charge >= 0.3 is 0 Å². The molecule has 1 atom stereocenters. The fraction of sp³-hybridized carbons (Fsp3) is 0.800. The van der Waals surface area contributed by atoms with Gasteiger partial charge in [-0.15, -0.1) is 0 Å². The molecule has 1 aliphatic carbocycles. The molecule has 0 amide bonds. The highest BCUT2D eigenvalue weighted by molar-refractivity contribution is 7.75. The smallest absolute Gasteiger partial charge is 0.0492 e. The summed E-state index contributed by atoms with van der Waals surface area (Å²) >= 11 is 0. The number of allylic oxidation sites excluding steroid dienone is 2. The van der Waals surface area contributed by atoms with Crippen LogP contribution in [0.25, 0.3) is 0 Å². The van der Waals surface area contributed by atoms with Crippen LogP contribution >= 0.6 is 7.26 Å². The van der Waals surface area contributed by atoms with Gasteiger partial charge in [-0.25, -0.2) is 0 Å². The molecule has 0 saturated heterocycles. The normalized spacial score (nSPS) is 34.7. The Hall–Kier alpha value is 0.170. The summed E-state index contributed by atoms with van der Waals surface area (Å²) in [5, 5.41) is 0. The van der Waals surface area contributed by atoms with E-state index in [2.05, 4.69) is 19.4 Å². The number of hydrogen-bond acceptors (Lipinski definition) is 0. The lowest BCUT2D eigenvalue weighted by Crippen LogP contribution is -2.15. The van der Waals surface area contributed by atoms with Crippen LogP contribution in [0.1, 0.15) is 25.7 Å². The van der Waals surface area contributed by atoms with E-state index in [-0.39, 0.29) is 0 Å². The molecule has 1 heteroatoms.